The Morgan fingerprint density at radius 3 is 2.20 bits per heavy atom. The smallest absolute Gasteiger partial charge is 0.339 e. The van der Waals surface area contributed by atoms with Crippen molar-refractivity contribution in [2.24, 2.45) is 0 Å². The van der Waals surface area contributed by atoms with Gasteiger partial charge in [0.25, 0.3) is 5.91 Å². The maximum absolute atomic E-state index is 12.7. The van der Waals surface area contributed by atoms with Crippen LogP contribution in [0, 0.1) is 0 Å². The van der Waals surface area contributed by atoms with Gasteiger partial charge < -0.3 is 9.64 Å². The van der Waals surface area contributed by atoms with Crippen LogP contribution in [-0.4, -0.2) is 37.0 Å². The summed E-state index contributed by atoms with van der Waals surface area (Å²) in [5.74, 6) is -0.836. The summed E-state index contributed by atoms with van der Waals surface area (Å²) in [5, 5.41) is 0.576. The lowest BCUT2D eigenvalue weighted by Gasteiger charge is -2.18. The summed E-state index contributed by atoms with van der Waals surface area (Å²) in [6.07, 6.45) is 0.868. The fraction of sp³-hybridized carbons (Fsp3) is 0.200. The van der Waals surface area contributed by atoms with E-state index in [4.69, 9.17) is 16.3 Å². The van der Waals surface area contributed by atoms with Gasteiger partial charge in [0.2, 0.25) is 0 Å². The molecule has 0 bridgehead atoms. The van der Waals surface area contributed by atoms with Gasteiger partial charge in [-0.2, -0.15) is 0 Å². The van der Waals surface area contributed by atoms with Crippen LogP contribution in [0.25, 0.3) is 11.6 Å². The minimum Gasteiger partial charge on any atom is -0.449 e. The van der Waals surface area contributed by atoms with E-state index >= 15 is 0 Å². The highest BCUT2D eigenvalue weighted by Crippen LogP contribution is 2.22. The van der Waals surface area contributed by atoms with Crippen LogP contribution in [0.15, 0.2) is 54.6 Å². The Labute approximate surface area is 152 Å². The third-order valence-electron chi connectivity index (χ3n) is 3.56. The van der Waals surface area contributed by atoms with Gasteiger partial charge in [0.05, 0.1) is 5.57 Å². The van der Waals surface area contributed by atoms with Crippen molar-refractivity contribution in [3.05, 3.63) is 70.7 Å². The van der Waals surface area contributed by atoms with Crippen molar-refractivity contribution >= 4 is 35.1 Å². The van der Waals surface area contributed by atoms with E-state index in [0.717, 1.165) is 5.56 Å². The summed E-state index contributed by atoms with van der Waals surface area (Å²) < 4.78 is 5.36. The first kappa shape index (κ1) is 18.7. The van der Waals surface area contributed by atoms with Gasteiger partial charge in [-0.05, 0) is 36.3 Å². The SMILES string of the molecule is C[C@H](OC(=O)/C(=C/c1ccccc1)c1ccc(Cl)cc1)C(=O)N(C)C. The maximum atomic E-state index is 12.7. The van der Waals surface area contributed by atoms with Crippen LogP contribution in [0.4, 0.5) is 0 Å². The Bertz CT molecular complexity index is 767. The van der Waals surface area contributed by atoms with Crippen LogP contribution in [0.2, 0.25) is 5.02 Å². The van der Waals surface area contributed by atoms with Crippen molar-refractivity contribution in [1.29, 1.82) is 0 Å². The zero-order chi connectivity index (χ0) is 18.4. The summed E-state index contributed by atoms with van der Waals surface area (Å²) in [6.45, 7) is 1.56. The Balaban J connectivity index is 2.34. The van der Waals surface area contributed by atoms with E-state index in [1.807, 2.05) is 30.3 Å². The predicted molar refractivity (Wildman–Crippen MR) is 100 cm³/mol. The molecule has 0 aliphatic carbocycles. The average Bonchev–Trinajstić information content (AvgIpc) is 2.60. The summed E-state index contributed by atoms with van der Waals surface area (Å²) >= 11 is 5.93. The van der Waals surface area contributed by atoms with Gasteiger partial charge in [-0.15, -0.1) is 0 Å². The summed E-state index contributed by atoms with van der Waals surface area (Å²) in [5.41, 5.74) is 1.89. The molecule has 1 atom stereocenters. The Morgan fingerprint density at radius 2 is 1.64 bits per heavy atom. The molecule has 2 aromatic rings. The maximum Gasteiger partial charge on any atom is 0.339 e. The number of halogens is 1. The molecule has 0 aliphatic rings. The normalized spacial score (nSPS) is 12.4. The molecule has 0 fully saturated rings. The third kappa shape index (κ3) is 5.19. The number of carbonyl (C=O) groups is 2. The van der Waals surface area contributed by atoms with Crippen LogP contribution >= 0.6 is 11.6 Å². The molecule has 2 aromatic carbocycles. The second-order valence-corrected chi connectivity index (χ2v) is 6.19. The number of likely N-dealkylation sites (N-methyl/N-ethyl adjacent to an activating group) is 1. The van der Waals surface area contributed by atoms with E-state index in [-0.39, 0.29) is 5.91 Å². The van der Waals surface area contributed by atoms with Crippen molar-refractivity contribution in [3.8, 4) is 0 Å². The molecule has 0 aliphatic heterocycles. The molecule has 25 heavy (non-hydrogen) atoms. The summed E-state index contributed by atoms with van der Waals surface area (Å²) in [4.78, 5) is 26.0. The molecule has 0 spiro atoms. The number of nitrogens with zero attached hydrogens (tertiary/aromatic N) is 1. The zero-order valence-electron chi connectivity index (χ0n) is 14.4. The van der Waals surface area contributed by atoms with E-state index in [1.165, 1.54) is 4.90 Å². The number of benzene rings is 2. The first-order chi connectivity index (χ1) is 11.9. The topological polar surface area (TPSA) is 46.6 Å². The third-order valence-corrected chi connectivity index (χ3v) is 3.81. The Hall–Kier alpha value is -2.59. The van der Waals surface area contributed by atoms with Crippen molar-refractivity contribution in [2.45, 2.75) is 13.0 Å². The molecule has 0 saturated carbocycles. The molecule has 0 aromatic heterocycles. The number of hydrogen-bond donors (Lipinski definition) is 0. The van der Waals surface area contributed by atoms with E-state index in [0.29, 0.717) is 16.2 Å². The van der Waals surface area contributed by atoms with Gasteiger partial charge in [0, 0.05) is 19.1 Å². The van der Waals surface area contributed by atoms with Gasteiger partial charge in [-0.1, -0.05) is 54.1 Å². The second kappa shape index (κ2) is 8.49. The van der Waals surface area contributed by atoms with Crippen LogP contribution in [0.1, 0.15) is 18.1 Å². The lowest BCUT2D eigenvalue weighted by atomic mass is 10.0. The van der Waals surface area contributed by atoms with Crippen LogP contribution in [-0.2, 0) is 14.3 Å². The molecular weight excluding hydrogens is 338 g/mol. The quantitative estimate of drug-likeness (QED) is 0.463. The first-order valence-corrected chi connectivity index (χ1v) is 8.21. The van der Waals surface area contributed by atoms with Gasteiger partial charge in [-0.25, -0.2) is 4.79 Å². The lowest BCUT2D eigenvalue weighted by molar-refractivity contribution is -0.153. The Kier molecular flexibility index (Phi) is 6.37. The highest BCUT2D eigenvalue weighted by molar-refractivity contribution is 6.30. The Morgan fingerprint density at radius 1 is 1.04 bits per heavy atom. The minimum atomic E-state index is -0.867. The second-order valence-electron chi connectivity index (χ2n) is 5.76. The summed E-state index contributed by atoms with van der Waals surface area (Å²) in [6, 6.07) is 16.3. The zero-order valence-corrected chi connectivity index (χ0v) is 15.2. The highest BCUT2D eigenvalue weighted by atomic mass is 35.5. The largest absolute Gasteiger partial charge is 0.449 e. The minimum absolute atomic E-state index is 0.275. The van der Waals surface area contributed by atoms with Crippen LogP contribution in [0.5, 0.6) is 0 Å². The number of amides is 1. The monoisotopic (exact) mass is 357 g/mol. The average molecular weight is 358 g/mol. The number of esters is 1. The van der Waals surface area contributed by atoms with Gasteiger partial charge in [0.1, 0.15) is 0 Å². The van der Waals surface area contributed by atoms with E-state index in [1.54, 1.807) is 51.4 Å². The van der Waals surface area contributed by atoms with Crippen molar-refractivity contribution in [1.82, 2.24) is 4.90 Å². The van der Waals surface area contributed by atoms with Crippen molar-refractivity contribution in [3.63, 3.8) is 0 Å². The van der Waals surface area contributed by atoms with Gasteiger partial charge in [-0.3, -0.25) is 4.79 Å². The van der Waals surface area contributed by atoms with Crippen LogP contribution in [0.3, 0.4) is 0 Å². The fourth-order valence-electron chi connectivity index (χ4n) is 2.24. The number of carbonyl (C=O) groups excluding carboxylic acids is 2. The molecule has 0 saturated heterocycles. The predicted octanol–water partition coefficient (Wildman–Crippen LogP) is 3.90. The lowest BCUT2D eigenvalue weighted by Crippen LogP contribution is -2.35. The molecular formula is C20H20ClNO3. The summed E-state index contributed by atoms with van der Waals surface area (Å²) in [7, 11) is 3.24. The number of rotatable bonds is 5. The van der Waals surface area contributed by atoms with Crippen LogP contribution < -0.4 is 0 Å². The van der Waals surface area contributed by atoms with Crippen molar-refractivity contribution < 1.29 is 14.3 Å². The van der Waals surface area contributed by atoms with E-state index in [2.05, 4.69) is 0 Å². The van der Waals surface area contributed by atoms with E-state index < -0.39 is 12.1 Å². The molecule has 0 unspecified atom stereocenters. The number of ether oxygens (including phenoxy) is 1. The number of hydrogen-bond acceptors (Lipinski definition) is 3. The molecule has 130 valence electrons. The molecule has 4 nitrogen and oxygen atoms in total. The molecule has 5 heteroatoms. The van der Waals surface area contributed by atoms with Gasteiger partial charge in [0.15, 0.2) is 6.10 Å². The van der Waals surface area contributed by atoms with Crippen molar-refractivity contribution in [2.75, 3.05) is 14.1 Å². The molecule has 2 rings (SSSR count). The molecule has 0 radical (unpaired) electrons. The molecule has 0 heterocycles. The molecule has 0 N–H and O–H groups in total. The van der Waals surface area contributed by atoms with E-state index in [9.17, 15) is 9.59 Å². The highest BCUT2D eigenvalue weighted by Gasteiger charge is 2.22. The standard InChI is InChI=1S/C20H20ClNO3/c1-14(19(23)22(2)3)25-20(24)18(13-15-7-5-4-6-8-15)16-9-11-17(21)12-10-16/h4-14H,1-3H3/b18-13+/t14-/m0/s1. The first-order valence-electron chi connectivity index (χ1n) is 7.83. The van der Waals surface area contributed by atoms with Gasteiger partial charge >= 0.3 is 5.97 Å². The fourth-order valence-corrected chi connectivity index (χ4v) is 2.37. The molecule has 1 amide bonds.